The van der Waals surface area contributed by atoms with Gasteiger partial charge in [0.05, 0.1) is 29.0 Å². The van der Waals surface area contributed by atoms with Crippen molar-refractivity contribution in [2.45, 2.75) is 38.0 Å². The van der Waals surface area contributed by atoms with E-state index in [0.29, 0.717) is 17.5 Å². The third kappa shape index (κ3) is 5.30. The molecule has 0 bridgehead atoms. The van der Waals surface area contributed by atoms with Crippen LogP contribution in [0, 0.1) is 0 Å². The minimum Gasteiger partial charge on any atom is -0.371 e. The lowest BCUT2D eigenvalue weighted by Gasteiger charge is -2.23. The fraction of sp³-hybridized carbons (Fsp3) is 0.240. The van der Waals surface area contributed by atoms with E-state index in [1.807, 2.05) is 36.4 Å². The van der Waals surface area contributed by atoms with Gasteiger partial charge in [-0.25, -0.2) is 9.97 Å². The standard InChI is InChI=1S/C25H25N5OS2/c32-25(28-19-12-7-13-21(19)31-15-17-8-3-1-4-9-17)30-29-24-23-20(26-16-27-24)14-22(33-23)18-10-5-2-6-11-18/h1-6,8-11,14,16,19,21H,7,12-13,15H2,(H,26,27,29)(H2,28,30,32)/t19-,21-/m1/s1. The van der Waals surface area contributed by atoms with Gasteiger partial charge in [0.1, 0.15) is 6.33 Å². The summed E-state index contributed by atoms with van der Waals surface area (Å²) >= 11 is 7.20. The first-order chi connectivity index (χ1) is 16.3. The second-order valence-electron chi connectivity index (χ2n) is 8.01. The van der Waals surface area contributed by atoms with E-state index in [1.165, 1.54) is 11.1 Å². The molecule has 5 rings (SSSR count). The number of hydrazine groups is 1. The zero-order chi connectivity index (χ0) is 22.5. The summed E-state index contributed by atoms with van der Waals surface area (Å²) < 4.78 is 7.16. The summed E-state index contributed by atoms with van der Waals surface area (Å²) in [6, 6.07) is 22.8. The Bertz CT molecular complexity index is 1220. The molecule has 0 radical (unpaired) electrons. The molecule has 3 N–H and O–H groups in total. The van der Waals surface area contributed by atoms with Crippen molar-refractivity contribution in [3.8, 4) is 10.4 Å². The van der Waals surface area contributed by atoms with Crippen LogP contribution >= 0.6 is 23.6 Å². The summed E-state index contributed by atoms with van der Waals surface area (Å²) in [7, 11) is 0. The molecule has 8 heteroatoms. The molecule has 1 fully saturated rings. The topological polar surface area (TPSA) is 71.1 Å². The molecule has 0 unspecified atom stereocenters. The number of thiocarbonyl (C=S) groups is 1. The van der Waals surface area contributed by atoms with Gasteiger partial charge in [0.2, 0.25) is 0 Å². The first-order valence-corrected chi connectivity index (χ1v) is 12.3. The van der Waals surface area contributed by atoms with Gasteiger partial charge in [0.15, 0.2) is 10.9 Å². The number of ether oxygens (including phenoxy) is 1. The van der Waals surface area contributed by atoms with Crippen LogP contribution in [0.2, 0.25) is 0 Å². The maximum atomic E-state index is 6.18. The molecule has 2 aromatic heterocycles. The number of anilines is 1. The monoisotopic (exact) mass is 475 g/mol. The number of benzene rings is 2. The fourth-order valence-electron chi connectivity index (χ4n) is 4.08. The molecule has 6 nitrogen and oxygen atoms in total. The quantitative estimate of drug-likeness (QED) is 0.248. The molecular weight excluding hydrogens is 450 g/mol. The number of thiophene rings is 1. The zero-order valence-corrected chi connectivity index (χ0v) is 19.7. The number of hydrogen-bond acceptors (Lipinski definition) is 6. The van der Waals surface area contributed by atoms with Crippen LogP contribution in [-0.4, -0.2) is 27.2 Å². The second-order valence-corrected chi connectivity index (χ2v) is 9.47. The Morgan fingerprint density at radius 3 is 2.64 bits per heavy atom. The second kappa shape index (κ2) is 10.2. The molecule has 1 saturated carbocycles. The molecule has 33 heavy (non-hydrogen) atoms. The minimum absolute atomic E-state index is 0.140. The summed E-state index contributed by atoms with van der Waals surface area (Å²) in [4.78, 5) is 9.98. The number of aromatic nitrogens is 2. The van der Waals surface area contributed by atoms with Crippen LogP contribution in [0.1, 0.15) is 24.8 Å². The Labute approximate surface area is 202 Å². The van der Waals surface area contributed by atoms with Gasteiger partial charge in [-0.3, -0.25) is 10.9 Å². The van der Waals surface area contributed by atoms with E-state index in [1.54, 1.807) is 17.7 Å². The van der Waals surface area contributed by atoms with Gasteiger partial charge in [0.25, 0.3) is 0 Å². The molecule has 2 atom stereocenters. The highest BCUT2D eigenvalue weighted by molar-refractivity contribution is 7.80. The van der Waals surface area contributed by atoms with Crippen LogP contribution in [-0.2, 0) is 11.3 Å². The number of hydrogen-bond donors (Lipinski definition) is 3. The third-order valence-electron chi connectivity index (χ3n) is 5.74. The van der Waals surface area contributed by atoms with Crippen LogP contribution in [0.5, 0.6) is 0 Å². The lowest BCUT2D eigenvalue weighted by Crippen LogP contribution is -2.47. The SMILES string of the molecule is S=C(NNc1ncnc2cc(-c3ccccc3)sc12)N[C@@H]1CCC[C@H]1OCc1ccccc1. The van der Waals surface area contributed by atoms with Gasteiger partial charge in [-0.1, -0.05) is 60.7 Å². The summed E-state index contributed by atoms with van der Waals surface area (Å²) in [5, 5.41) is 3.94. The molecule has 0 saturated heterocycles. The van der Waals surface area contributed by atoms with Crippen LogP contribution in [0.15, 0.2) is 73.1 Å². The number of fused-ring (bicyclic) bond motifs is 1. The first-order valence-electron chi connectivity index (χ1n) is 11.0. The van der Waals surface area contributed by atoms with Gasteiger partial charge in [-0.15, -0.1) is 11.3 Å². The highest BCUT2D eigenvalue weighted by atomic mass is 32.1. The van der Waals surface area contributed by atoms with E-state index in [4.69, 9.17) is 17.0 Å². The van der Waals surface area contributed by atoms with Crippen molar-refractivity contribution in [2.75, 3.05) is 5.43 Å². The van der Waals surface area contributed by atoms with Crippen molar-refractivity contribution in [1.29, 1.82) is 0 Å². The average Bonchev–Trinajstić information content (AvgIpc) is 3.50. The van der Waals surface area contributed by atoms with E-state index < -0.39 is 0 Å². The minimum atomic E-state index is 0.140. The Hall–Kier alpha value is -3.07. The van der Waals surface area contributed by atoms with Gasteiger partial charge in [-0.05, 0) is 48.7 Å². The molecule has 0 aliphatic heterocycles. The van der Waals surface area contributed by atoms with Crippen molar-refractivity contribution in [1.82, 2.24) is 20.7 Å². The zero-order valence-electron chi connectivity index (χ0n) is 18.0. The van der Waals surface area contributed by atoms with E-state index in [-0.39, 0.29) is 12.1 Å². The number of nitrogens with zero attached hydrogens (tertiary/aromatic N) is 2. The molecular formula is C25H25N5OS2. The van der Waals surface area contributed by atoms with Crippen LogP contribution in [0.25, 0.3) is 20.7 Å². The summed E-state index contributed by atoms with van der Waals surface area (Å²) in [6.07, 6.45) is 4.89. The Balaban J connectivity index is 1.19. The first kappa shape index (κ1) is 21.8. The van der Waals surface area contributed by atoms with E-state index >= 15 is 0 Å². The molecule has 1 aliphatic rings. The van der Waals surface area contributed by atoms with Gasteiger partial charge in [0, 0.05) is 4.88 Å². The van der Waals surface area contributed by atoms with Crippen LogP contribution < -0.4 is 16.2 Å². The molecule has 2 heterocycles. The molecule has 2 aromatic carbocycles. The van der Waals surface area contributed by atoms with Crippen molar-refractivity contribution in [2.24, 2.45) is 0 Å². The maximum Gasteiger partial charge on any atom is 0.185 e. The van der Waals surface area contributed by atoms with E-state index in [2.05, 4.69) is 56.5 Å². The lowest BCUT2D eigenvalue weighted by molar-refractivity contribution is 0.0318. The third-order valence-corrected chi connectivity index (χ3v) is 7.14. The Kier molecular flexibility index (Phi) is 6.76. The summed E-state index contributed by atoms with van der Waals surface area (Å²) in [6.45, 7) is 0.614. The smallest absolute Gasteiger partial charge is 0.185 e. The lowest BCUT2D eigenvalue weighted by atomic mass is 10.2. The summed E-state index contributed by atoms with van der Waals surface area (Å²) in [5.74, 6) is 0.708. The molecule has 0 amide bonds. The average molecular weight is 476 g/mol. The van der Waals surface area contributed by atoms with Crippen molar-refractivity contribution >= 4 is 44.7 Å². The maximum absolute atomic E-state index is 6.18. The normalized spacial score (nSPS) is 17.7. The van der Waals surface area contributed by atoms with E-state index in [0.717, 1.165) is 34.4 Å². The van der Waals surface area contributed by atoms with Crippen LogP contribution in [0.3, 0.4) is 0 Å². The van der Waals surface area contributed by atoms with Gasteiger partial charge < -0.3 is 10.1 Å². The Morgan fingerprint density at radius 2 is 1.82 bits per heavy atom. The highest BCUT2D eigenvalue weighted by Crippen LogP contribution is 2.35. The largest absolute Gasteiger partial charge is 0.371 e. The van der Waals surface area contributed by atoms with Crippen molar-refractivity contribution in [3.05, 3.63) is 78.6 Å². The van der Waals surface area contributed by atoms with Crippen molar-refractivity contribution in [3.63, 3.8) is 0 Å². The molecule has 1 aliphatic carbocycles. The fourth-order valence-corrected chi connectivity index (χ4v) is 5.34. The van der Waals surface area contributed by atoms with Gasteiger partial charge in [-0.2, -0.15) is 0 Å². The highest BCUT2D eigenvalue weighted by Gasteiger charge is 2.28. The van der Waals surface area contributed by atoms with Crippen molar-refractivity contribution < 1.29 is 4.74 Å². The molecule has 4 aromatic rings. The summed E-state index contributed by atoms with van der Waals surface area (Å²) in [5.41, 5.74) is 9.51. The van der Waals surface area contributed by atoms with Crippen LogP contribution in [0.4, 0.5) is 5.82 Å². The van der Waals surface area contributed by atoms with Gasteiger partial charge >= 0.3 is 0 Å². The number of rotatable bonds is 7. The Morgan fingerprint density at radius 1 is 1.03 bits per heavy atom. The predicted octanol–water partition coefficient (Wildman–Crippen LogP) is 5.29. The number of nitrogens with one attached hydrogen (secondary N) is 3. The predicted molar refractivity (Wildman–Crippen MR) is 138 cm³/mol. The molecule has 0 spiro atoms. The molecule has 168 valence electrons. The van der Waals surface area contributed by atoms with E-state index in [9.17, 15) is 0 Å².